The highest BCUT2D eigenvalue weighted by Crippen LogP contribution is 2.33. The van der Waals surface area contributed by atoms with E-state index in [-0.39, 0.29) is 11.7 Å². The van der Waals surface area contributed by atoms with Gasteiger partial charge in [-0.25, -0.2) is 0 Å². The van der Waals surface area contributed by atoms with Crippen molar-refractivity contribution in [2.45, 2.75) is 18.8 Å². The smallest absolute Gasteiger partial charge is 0.158 e. The Labute approximate surface area is 141 Å². The maximum absolute atomic E-state index is 12.1. The molecule has 2 aromatic carbocycles. The van der Waals surface area contributed by atoms with E-state index in [9.17, 15) is 10.1 Å². The molecule has 24 heavy (non-hydrogen) atoms. The standard InChI is InChI=1S/C20H18N2O2/c1-24-19-8-6-14(7-9-19)16-10-17(12-18(23)11-16)22-20-5-3-2-4-15(20)13-21/h2-9,12,16,22H,10-11H2,1H3/t16-/m0/s1. The molecule has 0 heterocycles. The third-order valence-electron chi connectivity index (χ3n) is 4.18. The minimum absolute atomic E-state index is 0.0963. The van der Waals surface area contributed by atoms with Crippen molar-refractivity contribution in [3.05, 3.63) is 71.4 Å². The van der Waals surface area contributed by atoms with E-state index in [1.165, 1.54) is 0 Å². The number of hydrogen-bond acceptors (Lipinski definition) is 4. The molecule has 0 spiro atoms. The van der Waals surface area contributed by atoms with Gasteiger partial charge in [-0.3, -0.25) is 4.79 Å². The fourth-order valence-corrected chi connectivity index (χ4v) is 2.95. The lowest BCUT2D eigenvalue weighted by molar-refractivity contribution is -0.115. The molecule has 3 rings (SSSR count). The first-order valence-corrected chi connectivity index (χ1v) is 7.83. The lowest BCUT2D eigenvalue weighted by Crippen LogP contribution is -2.17. The zero-order valence-electron chi connectivity index (χ0n) is 13.5. The minimum Gasteiger partial charge on any atom is -0.497 e. The Morgan fingerprint density at radius 3 is 2.58 bits per heavy atom. The third kappa shape index (κ3) is 3.47. The topological polar surface area (TPSA) is 62.1 Å². The molecule has 1 N–H and O–H groups in total. The lowest BCUT2D eigenvalue weighted by Gasteiger charge is -2.24. The molecule has 2 aromatic rings. The van der Waals surface area contributed by atoms with Gasteiger partial charge in [0.05, 0.1) is 18.4 Å². The summed E-state index contributed by atoms with van der Waals surface area (Å²) in [5.74, 6) is 1.03. The molecule has 0 saturated carbocycles. The van der Waals surface area contributed by atoms with E-state index in [0.717, 1.165) is 29.1 Å². The Bertz CT molecular complexity index is 816. The van der Waals surface area contributed by atoms with Crippen LogP contribution in [-0.2, 0) is 4.79 Å². The second kappa shape index (κ2) is 7.01. The van der Waals surface area contributed by atoms with Gasteiger partial charge in [-0.15, -0.1) is 0 Å². The molecule has 1 atom stereocenters. The van der Waals surface area contributed by atoms with E-state index in [1.54, 1.807) is 19.3 Å². The van der Waals surface area contributed by atoms with Crippen molar-refractivity contribution in [1.29, 1.82) is 5.26 Å². The molecule has 4 heteroatoms. The number of nitriles is 1. The van der Waals surface area contributed by atoms with Gasteiger partial charge in [0.2, 0.25) is 0 Å². The minimum atomic E-state index is 0.0963. The van der Waals surface area contributed by atoms with Crippen LogP contribution in [-0.4, -0.2) is 12.9 Å². The van der Waals surface area contributed by atoms with Gasteiger partial charge in [-0.05, 0) is 42.2 Å². The number of anilines is 1. The van der Waals surface area contributed by atoms with E-state index in [0.29, 0.717) is 12.0 Å². The van der Waals surface area contributed by atoms with Crippen LogP contribution >= 0.6 is 0 Å². The molecule has 0 aliphatic heterocycles. The monoisotopic (exact) mass is 318 g/mol. The van der Waals surface area contributed by atoms with Crippen molar-refractivity contribution in [3.63, 3.8) is 0 Å². The van der Waals surface area contributed by atoms with E-state index >= 15 is 0 Å². The number of hydrogen-bond donors (Lipinski definition) is 1. The van der Waals surface area contributed by atoms with Crippen LogP contribution in [0.3, 0.4) is 0 Å². The number of carbonyl (C=O) groups is 1. The fraction of sp³-hybridized carbons (Fsp3) is 0.200. The van der Waals surface area contributed by atoms with Crippen LogP contribution in [0.4, 0.5) is 5.69 Å². The van der Waals surface area contributed by atoms with Crippen LogP contribution in [0.25, 0.3) is 0 Å². The molecule has 0 aromatic heterocycles. The number of ketones is 1. The summed E-state index contributed by atoms with van der Waals surface area (Å²) in [7, 11) is 1.64. The molecule has 0 bridgehead atoms. The first-order valence-electron chi connectivity index (χ1n) is 7.83. The average Bonchev–Trinajstić information content (AvgIpc) is 2.62. The summed E-state index contributed by atoms with van der Waals surface area (Å²) >= 11 is 0. The molecule has 0 saturated heterocycles. The summed E-state index contributed by atoms with van der Waals surface area (Å²) in [5.41, 5.74) is 3.26. The highest BCUT2D eigenvalue weighted by molar-refractivity contribution is 5.92. The Morgan fingerprint density at radius 2 is 1.88 bits per heavy atom. The Balaban J connectivity index is 1.80. The summed E-state index contributed by atoms with van der Waals surface area (Å²) in [6.45, 7) is 0. The van der Waals surface area contributed by atoms with Crippen molar-refractivity contribution in [1.82, 2.24) is 0 Å². The number of rotatable bonds is 4. The summed E-state index contributed by atoms with van der Waals surface area (Å²) < 4.78 is 5.18. The highest BCUT2D eigenvalue weighted by Gasteiger charge is 2.22. The number of nitrogens with one attached hydrogen (secondary N) is 1. The Morgan fingerprint density at radius 1 is 1.12 bits per heavy atom. The van der Waals surface area contributed by atoms with Crippen LogP contribution in [0.15, 0.2) is 60.3 Å². The summed E-state index contributed by atoms with van der Waals surface area (Å²) in [4.78, 5) is 12.1. The zero-order chi connectivity index (χ0) is 16.9. The number of ether oxygens (including phenoxy) is 1. The van der Waals surface area contributed by atoms with Gasteiger partial charge in [-0.2, -0.15) is 5.26 Å². The van der Waals surface area contributed by atoms with Gasteiger partial charge in [0.25, 0.3) is 0 Å². The van der Waals surface area contributed by atoms with E-state index in [1.807, 2.05) is 42.5 Å². The number of allylic oxidation sites excluding steroid dienone is 2. The molecule has 0 amide bonds. The summed E-state index contributed by atoms with van der Waals surface area (Å²) in [6, 6.07) is 17.3. The molecular weight excluding hydrogens is 300 g/mol. The molecule has 0 radical (unpaired) electrons. The molecule has 0 unspecified atom stereocenters. The normalized spacial score (nSPS) is 16.9. The maximum Gasteiger partial charge on any atom is 0.158 e. The van der Waals surface area contributed by atoms with E-state index in [2.05, 4.69) is 11.4 Å². The van der Waals surface area contributed by atoms with Gasteiger partial charge in [-0.1, -0.05) is 24.3 Å². The van der Waals surface area contributed by atoms with Crippen LogP contribution in [0.1, 0.15) is 29.9 Å². The van der Waals surface area contributed by atoms with Crippen molar-refractivity contribution < 1.29 is 9.53 Å². The molecular formula is C20H18N2O2. The maximum atomic E-state index is 12.1. The first kappa shape index (κ1) is 15.8. The summed E-state index contributed by atoms with van der Waals surface area (Å²) in [5, 5.41) is 12.4. The second-order valence-corrected chi connectivity index (χ2v) is 5.80. The number of methoxy groups -OCH3 is 1. The first-order chi connectivity index (χ1) is 11.7. The van der Waals surface area contributed by atoms with Crippen LogP contribution in [0, 0.1) is 11.3 Å². The quantitative estimate of drug-likeness (QED) is 0.925. The summed E-state index contributed by atoms with van der Waals surface area (Å²) in [6.07, 6.45) is 2.88. The Kier molecular flexibility index (Phi) is 4.62. The van der Waals surface area contributed by atoms with E-state index in [4.69, 9.17) is 4.74 Å². The van der Waals surface area contributed by atoms with Gasteiger partial charge in [0.1, 0.15) is 11.8 Å². The molecule has 120 valence electrons. The van der Waals surface area contributed by atoms with Crippen LogP contribution in [0.5, 0.6) is 5.75 Å². The molecule has 1 aliphatic rings. The fourth-order valence-electron chi connectivity index (χ4n) is 2.95. The predicted octanol–water partition coefficient (Wildman–Crippen LogP) is 4.01. The predicted molar refractivity (Wildman–Crippen MR) is 92.8 cm³/mol. The van der Waals surface area contributed by atoms with Crippen molar-refractivity contribution in [2.24, 2.45) is 0 Å². The number of nitrogens with zero attached hydrogens (tertiary/aromatic N) is 1. The average molecular weight is 318 g/mol. The highest BCUT2D eigenvalue weighted by atomic mass is 16.5. The van der Waals surface area contributed by atoms with Gasteiger partial charge < -0.3 is 10.1 Å². The van der Waals surface area contributed by atoms with Crippen LogP contribution in [0.2, 0.25) is 0 Å². The SMILES string of the molecule is COc1ccc([C@@H]2CC(=O)C=C(Nc3ccccc3C#N)C2)cc1. The number of carbonyl (C=O) groups excluding carboxylic acids is 1. The third-order valence-corrected chi connectivity index (χ3v) is 4.18. The zero-order valence-corrected chi connectivity index (χ0v) is 13.5. The lowest BCUT2D eigenvalue weighted by atomic mass is 9.85. The van der Waals surface area contributed by atoms with Crippen LogP contribution < -0.4 is 10.1 Å². The second-order valence-electron chi connectivity index (χ2n) is 5.80. The van der Waals surface area contributed by atoms with Crippen molar-refractivity contribution in [2.75, 3.05) is 12.4 Å². The largest absolute Gasteiger partial charge is 0.497 e. The van der Waals surface area contributed by atoms with Gasteiger partial charge >= 0.3 is 0 Å². The van der Waals surface area contributed by atoms with Gasteiger partial charge in [0, 0.05) is 18.2 Å². The number of benzene rings is 2. The molecule has 4 nitrogen and oxygen atoms in total. The Hall–Kier alpha value is -3.06. The molecule has 0 fully saturated rings. The van der Waals surface area contributed by atoms with E-state index < -0.39 is 0 Å². The van der Waals surface area contributed by atoms with Crippen molar-refractivity contribution >= 4 is 11.5 Å². The number of para-hydroxylation sites is 1. The van der Waals surface area contributed by atoms with Gasteiger partial charge in [0.15, 0.2) is 5.78 Å². The van der Waals surface area contributed by atoms with Crippen molar-refractivity contribution in [3.8, 4) is 11.8 Å². The molecule has 1 aliphatic carbocycles.